The highest BCUT2D eigenvalue weighted by Crippen LogP contribution is 2.21. The maximum absolute atomic E-state index is 5.95. The average molecular weight is 494 g/mol. The van der Waals surface area contributed by atoms with Crippen molar-refractivity contribution < 1.29 is 9.47 Å². The van der Waals surface area contributed by atoms with Crippen molar-refractivity contribution >= 4 is 29.9 Å². The Hall–Kier alpha value is -0.120. The molecule has 0 saturated carbocycles. The van der Waals surface area contributed by atoms with Crippen LogP contribution in [0, 0.1) is 0 Å². The predicted molar refractivity (Wildman–Crippen MR) is 121 cm³/mol. The summed E-state index contributed by atoms with van der Waals surface area (Å²) in [5.74, 6) is 1.02. The lowest BCUT2D eigenvalue weighted by Gasteiger charge is -2.37. The Morgan fingerprint density at radius 1 is 0.963 bits per heavy atom. The van der Waals surface area contributed by atoms with Crippen molar-refractivity contribution in [2.75, 3.05) is 59.5 Å². The molecule has 0 aromatic carbocycles. The van der Waals surface area contributed by atoms with E-state index in [0.717, 1.165) is 51.6 Å². The van der Waals surface area contributed by atoms with Crippen LogP contribution in [0.15, 0.2) is 4.99 Å². The number of piperidine rings is 1. The number of guanidine groups is 1. The highest BCUT2D eigenvalue weighted by atomic mass is 127. The number of hydrogen-bond acceptors (Lipinski definition) is 4. The lowest BCUT2D eigenvalue weighted by molar-refractivity contribution is -0.0816. The molecule has 27 heavy (non-hydrogen) atoms. The van der Waals surface area contributed by atoms with Gasteiger partial charge in [0.1, 0.15) is 6.10 Å². The summed E-state index contributed by atoms with van der Waals surface area (Å²) in [7, 11) is 1.88. The van der Waals surface area contributed by atoms with Gasteiger partial charge in [-0.2, -0.15) is 0 Å². The van der Waals surface area contributed by atoms with Crippen LogP contribution in [-0.4, -0.2) is 87.5 Å². The van der Waals surface area contributed by atoms with E-state index in [1.165, 1.54) is 58.2 Å². The molecular formula is C20H39IN4O2. The molecule has 0 aromatic rings. The van der Waals surface area contributed by atoms with Gasteiger partial charge >= 0.3 is 0 Å². The zero-order valence-electron chi connectivity index (χ0n) is 17.0. The van der Waals surface area contributed by atoms with Gasteiger partial charge in [0.25, 0.3) is 0 Å². The summed E-state index contributed by atoms with van der Waals surface area (Å²) in [6.45, 7) is 8.37. The number of nitrogens with one attached hydrogen (secondary N) is 1. The second kappa shape index (κ2) is 13.2. The van der Waals surface area contributed by atoms with E-state index in [4.69, 9.17) is 9.47 Å². The standard InChI is InChI=1S/C20H38N4O2.HI/c1-21-20(22-10-4-2-5-11-23-12-6-3-7-13-23)24-14-16-26-19(17-24)18-9-8-15-25-18;/h18-19H,2-17H2,1H3,(H,21,22);1H. The van der Waals surface area contributed by atoms with Crippen LogP contribution in [0.5, 0.6) is 0 Å². The molecular weight excluding hydrogens is 455 g/mol. The number of ether oxygens (including phenoxy) is 2. The van der Waals surface area contributed by atoms with Gasteiger partial charge in [-0.3, -0.25) is 4.99 Å². The molecule has 1 N–H and O–H groups in total. The Bertz CT molecular complexity index is 426. The summed E-state index contributed by atoms with van der Waals surface area (Å²) >= 11 is 0. The van der Waals surface area contributed by atoms with E-state index < -0.39 is 0 Å². The summed E-state index contributed by atoms with van der Waals surface area (Å²) in [5, 5.41) is 3.55. The summed E-state index contributed by atoms with van der Waals surface area (Å²) < 4.78 is 11.8. The number of likely N-dealkylation sites (tertiary alicyclic amines) is 1. The normalized spacial score (nSPS) is 27.4. The fourth-order valence-electron chi connectivity index (χ4n) is 4.34. The highest BCUT2D eigenvalue weighted by Gasteiger charge is 2.32. The van der Waals surface area contributed by atoms with E-state index in [0.29, 0.717) is 0 Å². The number of nitrogens with zero attached hydrogens (tertiary/aromatic N) is 3. The minimum atomic E-state index is 0. The summed E-state index contributed by atoms with van der Waals surface area (Å²) in [5.41, 5.74) is 0. The number of unbranched alkanes of at least 4 members (excludes halogenated alkanes) is 2. The van der Waals surface area contributed by atoms with Crippen LogP contribution in [0.3, 0.4) is 0 Å². The number of hydrogen-bond donors (Lipinski definition) is 1. The first kappa shape index (κ1) is 23.2. The van der Waals surface area contributed by atoms with Crippen molar-refractivity contribution in [1.82, 2.24) is 15.1 Å². The fourth-order valence-corrected chi connectivity index (χ4v) is 4.34. The van der Waals surface area contributed by atoms with Gasteiger partial charge in [0.15, 0.2) is 5.96 Å². The van der Waals surface area contributed by atoms with Crippen molar-refractivity contribution in [3.05, 3.63) is 0 Å². The van der Waals surface area contributed by atoms with Crippen molar-refractivity contribution in [3.8, 4) is 0 Å². The maximum atomic E-state index is 5.95. The molecule has 2 unspecified atom stereocenters. The van der Waals surface area contributed by atoms with Gasteiger partial charge < -0.3 is 24.6 Å². The lowest BCUT2D eigenvalue weighted by Crippen LogP contribution is -2.53. The third-order valence-electron chi connectivity index (χ3n) is 5.87. The van der Waals surface area contributed by atoms with Crippen LogP contribution in [0.2, 0.25) is 0 Å². The van der Waals surface area contributed by atoms with E-state index in [1.807, 2.05) is 7.05 Å². The van der Waals surface area contributed by atoms with E-state index in [1.54, 1.807) is 0 Å². The number of morpholine rings is 1. The molecule has 158 valence electrons. The topological polar surface area (TPSA) is 49.3 Å². The van der Waals surface area contributed by atoms with Gasteiger partial charge in [-0.1, -0.05) is 12.8 Å². The maximum Gasteiger partial charge on any atom is 0.193 e. The molecule has 3 saturated heterocycles. The molecule has 0 radical (unpaired) electrons. The number of rotatable bonds is 7. The van der Waals surface area contributed by atoms with Gasteiger partial charge in [-0.25, -0.2) is 0 Å². The molecule has 0 amide bonds. The van der Waals surface area contributed by atoms with Crippen molar-refractivity contribution in [3.63, 3.8) is 0 Å². The Balaban J connectivity index is 0.00000261. The molecule has 0 aromatic heterocycles. The molecule has 0 bridgehead atoms. The lowest BCUT2D eigenvalue weighted by atomic mass is 10.1. The van der Waals surface area contributed by atoms with Crippen LogP contribution in [0.1, 0.15) is 51.4 Å². The molecule has 7 heteroatoms. The molecule has 3 aliphatic heterocycles. The molecule has 2 atom stereocenters. The summed E-state index contributed by atoms with van der Waals surface area (Å²) in [4.78, 5) is 9.46. The third-order valence-corrected chi connectivity index (χ3v) is 5.87. The van der Waals surface area contributed by atoms with Gasteiger partial charge in [-0.15, -0.1) is 24.0 Å². The van der Waals surface area contributed by atoms with Crippen LogP contribution >= 0.6 is 24.0 Å². The zero-order chi connectivity index (χ0) is 18.0. The van der Waals surface area contributed by atoms with Crippen LogP contribution < -0.4 is 5.32 Å². The van der Waals surface area contributed by atoms with Gasteiger partial charge in [0.2, 0.25) is 0 Å². The largest absolute Gasteiger partial charge is 0.375 e. The summed E-state index contributed by atoms with van der Waals surface area (Å²) in [6, 6.07) is 0. The van der Waals surface area contributed by atoms with E-state index >= 15 is 0 Å². The Morgan fingerprint density at radius 3 is 2.52 bits per heavy atom. The zero-order valence-corrected chi connectivity index (χ0v) is 19.4. The molecule has 3 rings (SSSR count). The number of aliphatic imine (C=N–C) groups is 1. The smallest absolute Gasteiger partial charge is 0.193 e. The third kappa shape index (κ3) is 7.66. The SMILES string of the molecule is CN=C(NCCCCCN1CCCCC1)N1CCOC(C2CCCO2)C1.I. The Kier molecular flexibility index (Phi) is 11.3. The van der Waals surface area contributed by atoms with Gasteiger partial charge in [-0.05, 0) is 58.2 Å². The van der Waals surface area contributed by atoms with Gasteiger partial charge in [0.05, 0.1) is 12.7 Å². The van der Waals surface area contributed by atoms with Crippen molar-refractivity contribution in [2.45, 2.75) is 63.6 Å². The molecule has 0 spiro atoms. The molecule has 6 nitrogen and oxygen atoms in total. The Morgan fingerprint density at radius 2 is 1.78 bits per heavy atom. The minimum Gasteiger partial charge on any atom is -0.375 e. The highest BCUT2D eigenvalue weighted by molar-refractivity contribution is 14.0. The van der Waals surface area contributed by atoms with Gasteiger partial charge in [0, 0.05) is 33.3 Å². The van der Waals surface area contributed by atoms with E-state index in [2.05, 4.69) is 20.1 Å². The Labute approximate surface area is 182 Å². The predicted octanol–water partition coefficient (Wildman–Crippen LogP) is 2.72. The minimum absolute atomic E-state index is 0. The summed E-state index contributed by atoms with van der Waals surface area (Å²) in [6.07, 6.45) is 10.8. The van der Waals surface area contributed by atoms with Crippen LogP contribution in [0.4, 0.5) is 0 Å². The molecule has 3 aliphatic rings. The monoisotopic (exact) mass is 494 g/mol. The fraction of sp³-hybridized carbons (Fsp3) is 0.950. The first-order valence-electron chi connectivity index (χ1n) is 10.8. The van der Waals surface area contributed by atoms with Crippen molar-refractivity contribution in [1.29, 1.82) is 0 Å². The molecule has 3 heterocycles. The van der Waals surface area contributed by atoms with Crippen LogP contribution in [-0.2, 0) is 9.47 Å². The van der Waals surface area contributed by atoms with E-state index in [9.17, 15) is 0 Å². The first-order chi connectivity index (χ1) is 12.9. The molecule has 0 aliphatic carbocycles. The number of halogens is 1. The van der Waals surface area contributed by atoms with E-state index in [-0.39, 0.29) is 36.2 Å². The average Bonchev–Trinajstić information content (AvgIpc) is 3.23. The second-order valence-corrected chi connectivity index (χ2v) is 7.84. The van der Waals surface area contributed by atoms with Crippen LogP contribution in [0.25, 0.3) is 0 Å². The van der Waals surface area contributed by atoms with Crippen molar-refractivity contribution in [2.24, 2.45) is 4.99 Å². The quantitative estimate of drug-likeness (QED) is 0.255. The second-order valence-electron chi connectivity index (χ2n) is 7.84. The molecule has 3 fully saturated rings. The first-order valence-corrected chi connectivity index (χ1v) is 10.8.